The summed E-state index contributed by atoms with van der Waals surface area (Å²) in [6, 6.07) is 10.1. The van der Waals surface area contributed by atoms with Gasteiger partial charge in [0.25, 0.3) is 0 Å². The molecule has 0 bridgehead atoms. The molecule has 1 saturated heterocycles. The molecule has 0 aromatic heterocycles. The summed E-state index contributed by atoms with van der Waals surface area (Å²) < 4.78 is 0. The fourth-order valence-corrected chi connectivity index (χ4v) is 2.04. The SMILES string of the molecule is N#CCN1CCN(c2ccc(Cl)cc2)CC1. The lowest BCUT2D eigenvalue weighted by molar-refractivity contribution is 0.287. The molecule has 0 unspecified atom stereocenters. The minimum absolute atomic E-state index is 0.536. The molecule has 0 radical (unpaired) electrons. The number of rotatable bonds is 2. The van der Waals surface area contributed by atoms with Crippen molar-refractivity contribution >= 4 is 17.3 Å². The number of piperazine rings is 1. The van der Waals surface area contributed by atoms with Crippen LogP contribution in [0.1, 0.15) is 0 Å². The molecule has 1 heterocycles. The Kier molecular flexibility index (Phi) is 3.66. The topological polar surface area (TPSA) is 30.3 Å². The van der Waals surface area contributed by atoms with Crippen LogP contribution in [0.5, 0.6) is 0 Å². The van der Waals surface area contributed by atoms with E-state index in [1.807, 2.05) is 24.3 Å². The first-order chi connectivity index (χ1) is 7.79. The number of hydrogen-bond acceptors (Lipinski definition) is 3. The van der Waals surface area contributed by atoms with Crippen molar-refractivity contribution < 1.29 is 0 Å². The van der Waals surface area contributed by atoms with Gasteiger partial charge in [0.2, 0.25) is 0 Å². The molecule has 1 aliphatic rings. The van der Waals surface area contributed by atoms with E-state index < -0.39 is 0 Å². The summed E-state index contributed by atoms with van der Waals surface area (Å²) in [4.78, 5) is 4.50. The number of anilines is 1. The third-order valence-corrected chi connectivity index (χ3v) is 3.11. The number of halogens is 1. The number of nitriles is 1. The van der Waals surface area contributed by atoms with Crippen molar-refractivity contribution in [1.29, 1.82) is 5.26 Å². The van der Waals surface area contributed by atoms with Crippen LogP contribution >= 0.6 is 11.6 Å². The normalized spacial score (nSPS) is 17.1. The van der Waals surface area contributed by atoms with E-state index in [2.05, 4.69) is 15.9 Å². The first-order valence-electron chi connectivity index (χ1n) is 5.39. The van der Waals surface area contributed by atoms with Gasteiger partial charge in [-0.1, -0.05) is 11.6 Å². The molecule has 2 rings (SSSR count). The number of nitrogens with zero attached hydrogens (tertiary/aromatic N) is 3. The summed E-state index contributed by atoms with van der Waals surface area (Å²) >= 11 is 5.85. The summed E-state index contributed by atoms with van der Waals surface area (Å²) in [5.41, 5.74) is 1.21. The van der Waals surface area contributed by atoms with Crippen LogP contribution in [-0.2, 0) is 0 Å². The third-order valence-electron chi connectivity index (χ3n) is 2.86. The van der Waals surface area contributed by atoms with E-state index in [9.17, 15) is 0 Å². The van der Waals surface area contributed by atoms with E-state index in [1.54, 1.807) is 0 Å². The highest BCUT2D eigenvalue weighted by Crippen LogP contribution is 2.19. The molecule has 1 aromatic rings. The smallest absolute Gasteiger partial charge is 0.0867 e. The summed E-state index contributed by atoms with van der Waals surface area (Å²) in [5.74, 6) is 0. The molecule has 1 aliphatic heterocycles. The summed E-state index contributed by atoms with van der Waals surface area (Å²) in [6.07, 6.45) is 0. The van der Waals surface area contributed by atoms with Gasteiger partial charge in [-0.2, -0.15) is 5.26 Å². The van der Waals surface area contributed by atoms with Gasteiger partial charge in [-0.15, -0.1) is 0 Å². The van der Waals surface area contributed by atoms with Crippen LogP contribution < -0.4 is 4.90 Å². The Hall–Kier alpha value is -1.24. The van der Waals surface area contributed by atoms with Gasteiger partial charge in [-0.3, -0.25) is 4.90 Å². The zero-order valence-corrected chi connectivity index (χ0v) is 9.82. The van der Waals surface area contributed by atoms with Crippen LogP contribution in [0.3, 0.4) is 0 Å². The zero-order valence-electron chi connectivity index (χ0n) is 9.06. The van der Waals surface area contributed by atoms with Gasteiger partial charge in [0.05, 0.1) is 12.6 Å². The Labute approximate surface area is 101 Å². The Bertz CT molecular complexity index is 374. The lowest BCUT2D eigenvalue weighted by Gasteiger charge is -2.34. The van der Waals surface area contributed by atoms with Crippen molar-refractivity contribution in [2.75, 3.05) is 37.6 Å². The molecule has 4 heteroatoms. The second-order valence-corrected chi connectivity index (χ2v) is 4.33. The van der Waals surface area contributed by atoms with E-state index in [0.717, 1.165) is 31.2 Å². The van der Waals surface area contributed by atoms with E-state index in [1.165, 1.54) is 5.69 Å². The van der Waals surface area contributed by atoms with Crippen LogP contribution in [0.2, 0.25) is 5.02 Å². The largest absolute Gasteiger partial charge is 0.369 e. The summed E-state index contributed by atoms with van der Waals surface area (Å²) in [7, 11) is 0. The highest BCUT2D eigenvalue weighted by molar-refractivity contribution is 6.30. The maximum Gasteiger partial charge on any atom is 0.0867 e. The number of benzene rings is 1. The molecule has 0 N–H and O–H groups in total. The van der Waals surface area contributed by atoms with Gasteiger partial charge in [0.1, 0.15) is 0 Å². The number of hydrogen-bond donors (Lipinski definition) is 0. The second-order valence-electron chi connectivity index (χ2n) is 3.90. The van der Waals surface area contributed by atoms with Gasteiger partial charge in [-0.25, -0.2) is 0 Å². The molecular formula is C12H14ClN3. The average Bonchev–Trinajstić information content (AvgIpc) is 2.32. The van der Waals surface area contributed by atoms with Gasteiger partial charge in [-0.05, 0) is 24.3 Å². The minimum Gasteiger partial charge on any atom is -0.369 e. The van der Waals surface area contributed by atoms with Crippen LogP contribution in [-0.4, -0.2) is 37.6 Å². The van der Waals surface area contributed by atoms with Gasteiger partial charge >= 0.3 is 0 Å². The lowest BCUT2D eigenvalue weighted by Crippen LogP contribution is -2.46. The first-order valence-corrected chi connectivity index (χ1v) is 5.77. The first kappa shape index (κ1) is 11.3. The highest BCUT2D eigenvalue weighted by Gasteiger charge is 2.16. The molecule has 0 saturated carbocycles. The molecule has 0 amide bonds. The standard InChI is InChI=1S/C12H14ClN3/c13-11-1-3-12(4-2-11)16-9-7-15(6-5-14)8-10-16/h1-4H,6-10H2. The van der Waals surface area contributed by atoms with Crippen LogP contribution in [0, 0.1) is 11.3 Å². The molecule has 3 nitrogen and oxygen atoms in total. The van der Waals surface area contributed by atoms with Crippen LogP contribution in [0.4, 0.5) is 5.69 Å². The predicted octanol–water partition coefficient (Wildman–Crippen LogP) is 1.99. The molecule has 16 heavy (non-hydrogen) atoms. The lowest BCUT2D eigenvalue weighted by atomic mass is 10.2. The Morgan fingerprint density at radius 3 is 2.31 bits per heavy atom. The van der Waals surface area contributed by atoms with Crippen molar-refractivity contribution in [2.45, 2.75) is 0 Å². The van der Waals surface area contributed by atoms with Crippen molar-refractivity contribution in [3.8, 4) is 6.07 Å². The molecule has 84 valence electrons. The van der Waals surface area contributed by atoms with Crippen LogP contribution in [0.15, 0.2) is 24.3 Å². The van der Waals surface area contributed by atoms with E-state index in [4.69, 9.17) is 16.9 Å². The monoisotopic (exact) mass is 235 g/mol. The summed E-state index contributed by atoms with van der Waals surface area (Å²) in [5, 5.41) is 9.38. The molecule has 1 fully saturated rings. The van der Waals surface area contributed by atoms with E-state index >= 15 is 0 Å². The fraction of sp³-hybridized carbons (Fsp3) is 0.417. The predicted molar refractivity (Wildman–Crippen MR) is 65.7 cm³/mol. The van der Waals surface area contributed by atoms with Gasteiger partial charge in [0, 0.05) is 36.9 Å². The zero-order chi connectivity index (χ0) is 11.4. The average molecular weight is 236 g/mol. The molecule has 1 aromatic carbocycles. The Balaban J connectivity index is 1.94. The highest BCUT2D eigenvalue weighted by atomic mass is 35.5. The van der Waals surface area contributed by atoms with Crippen LogP contribution in [0.25, 0.3) is 0 Å². The maximum atomic E-state index is 8.61. The Morgan fingerprint density at radius 1 is 1.12 bits per heavy atom. The Morgan fingerprint density at radius 2 is 1.75 bits per heavy atom. The van der Waals surface area contributed by atoms with Crippen molar-refractivity contribution in [1.82, 2.24) is 4.90 Å². The van der Waals surface area contributed by atoms with Gasteiger partial charge in [0.15, 0.2) is 0 Å². The molecule has 0 aliphatic carbocycles. The molecule has 0 spiro atoms. The fourth-order valence-electron chi connectivity index (χ4n) is 1.92. The van der Waals surface area contributed by atoms with Crippen molar-refractivity contribution in [3.63, 3.8) is 0 Å². The van der Waals surface area contributed by atoms with E-state index in [-0.39, 0.29) is 0 Å². The third kappa shape index (κ3) is 2.66. The quantitative estimate of drug-likeness (QED) is 0.735. The second kappa shape index (κ2) is 5.20. The molecule has 0 atom stereocenters. The van der Waals surface area contributed by atoms with Crippen molar-refractivity contribution in [2.24, 2.45) is 0 Å². The summed E-state index contributed by atoms with van der Waals surface area (Å²) in [6.45, 7) is 4.40. The minimum atomic E-state index is 0.536. The maximum absolute atomic E-state index is 8.61. The van der Waals surface area contributed by atoms with Crippen molar-refractivity contribution in [3.05, 3.63) is 29.3 Å². The van der Waals surface area contributed by atoms with Gasteiger partial charge < -0.3 is 4.90 Å². The molecular weight excluding hydrogens is 222 g/mol. The van der Waals surface area contributed by atoms with E-state index in [0.29, 0.717) is 6.54 Å².